The Labute approximate surface area is 133 Å². The van der Waals surface area contributed by atoms with Crippen LogP contribution in [0.25, 0.3) is 0 Å². The molecule has 2 N–H and O–H groups in total. The Hall–Kier alpha value is -0.800. The van der Waals surface area contributed by atoms with Crippen LogP contribution < -0.4 is 10.0 Å². The number of hydrogen-bond acceptors (Lipinski definition) is 6. The van der Waals surface area contributed by atoms with Crippen molar-refractivity contribution in [2.75, 3.05) is 13.1 Å². The van der Waals surface area contributed by atoms with Crippen LogP contribution in [0.1, 0.15) is 23.9 Å². The summed E-state index contributed by atoms with van der Waals surface area (Å²) in [6, 6.07) is 1.73. The predicted octanol–water partition coefficient (Wildman–Crippen LogP) is 2.23. The highest BCUT2D eigenvalue weighted by molar-refractivity contribution is 7.89. The van der Waals surface area contributed by atoms with Crippen LogP contribution in [0.2, 0.25) is 0 Å². The maximum Gasteiger partial charge on any atom is 0.241 e. The molecule has 21 heavy (non-hydrogen) atoms. The lowest BCUT2D eigenvalue weighted by molar-refractivity contribution is 0.581. The van der Waals surface area contributed by atoms with Crippen LogP contribution in [0.5, 0.6) is 0 Å². The van der Waals surface area contributed by atoms with Crippen LogP contribution in [0.3, 0.4) is 0 Å². The van der Waals surface area contributed by atoms with E-state index in [0.29, 0.717) is 24.4 Å². The monoisotopic (exact) mass is 345 g/mol. The van der Waals surface area contributed by atoms with E-state index >= 15 is 0 Å². The maximum absolute atomic E-state index is 12.2. The number of thiophene rings is 1. The number of hydrogen-bond donors (Lipinski definition) is 2. The van der Waals surface area contributed by atoms with E-state index < -0.39 is 10.0 Å². The fraction of sp³-hybridized carbons (Fsp3) is 0.462. The fourth-order valence-electron chi connectivity index (χ4n) is 1.74. The van der Waals surface area contributed by atoms with Gasteiger partial charge in [-0.2, -0.15) is 0 Å². The summed E-state index contributed by atoms with van der Waals surface area (Å²) in [6.45, 7) is 4.12. The van der Waals surface area contributed by atoms with Crippen molar-refractivity contribution in [3.63, 3.8) is 0 Å². The first-order valence-corrected chi connectivity index (χ1v) is 10.1. The number of thiazole rings is 1. The molecule has 0 aromatic carbocycles. The standard InChI is InChI=1S/C13H19N3O2S3/c1-2-4-14-7-12-6-13(9-20-12)21(17,18)16-5-3-11-8-19-10-15-11/h6,8-10,14,16H,2-5,7H2,1H3. The average molecular weight is 346 g/mol. The van der Waals surface area contributed by atoms with Crippen molar-refractivity contribution in [2.24, 2.45) is 0 Å². The molecule has 0 aliphatic carbocycles. The molecule has 8 heteroatoms. The first kappa shape index (κ1) is 16.6. The SMILES string of the molecule is CCCNCc1cc(S(=O)(=O)NCCc2cscn2)cs1. The fourth-order valence-corrected chi connectivity index (χ4v) is 4.61. The Bertz CT molecular complexity index is 635. The molecular weight excluding hydrogens is 326 g/mol. The largest absolute Gasteiger partial charge is 0.312 e. The van der Waals surface area contributed by atoms with Gasteiger partial charge in [-0.25, -0.2) is 18.1 Å². The Morgan fingerprint density at radius 1 is 1.29 bits per heavy atom. The average Bonchev–Trinajstić information content (AvgIpc) is 3.10. The van der Waals surface area contributed by atoms with Gasteiger partial charge < -0.3 is 5.32 Å². The number of nitrogens with one attached hydrogen (secondary N) is 2. The maximum atomic E-state index is 12.2. The van der Waals surface area contributed by atoms with Gasteiger partial charge in [-0.3, -0.25) is 0 Å². The summed E-state index contributed by atoms with van der Waals surface area (Å²) >= 11 is 2.98. The Balaban J connectivity index is 1.86. The van der Waals surface area contributed by atoms with Crippen LogP contribution >= 0.6 is 22.7 Å². The molecule has 0 aliphatic rings. The molecule has 2 aromatic rings. The molecule has 0 amide bonds. The zero-order chi connectivity index (χ0) is 15.1. The van der Waals surface area contributed by atoms with Crippen molar-refractivity contribution >= 4 is 32.7 Å². The van der Waals surface area contributed by atoms with E-state index in [0.717, 1.165) is 23.5 Å². The van der Waals surface area contributed by atoms with Crippen LogP contribution in [0.4, 0.5) is 0 Å². The Morgan fingerprint density at radius 3 is 2.86 bits per heavy atom. The lowest BCUT2D eigenvalue weighted by Crippen LogP contribution is -2.25. The molecular formula is C13H19N3O2S3. The molecule has 0 saturated heterocycles. The second-order valence-corrected chi connectivity index (χ2v) is 8.03. The second kappa shape index (κ2) is 8.00. The van der Waals surface area contributed by atoms with Gasteiger partial charge in [0.15, 0.2) is 0 Å². The first-order valence-electron chi connectivity index (χ1n) is 6.76. The molecule has 2 aromatic heterocycles. The van der Waals surface area contributed by atoms with Gasteiger partial charge in [0.1, 0.15) is 0 Å². The normalized spacial score (nSPS) is 11.9. The summed E-state index contributed by atoms with van der Waals surface area (Å²) < 4.78 is 26.9. The minimum absolute atomic E-state index is 0.346. The molecule has 0 saturated carbocycles. The summed E-state index contributed by atoms with van der Waals surface area (Å²) in [4.78, 5) is 5.51. The van der Waals surface area contributed by atoms with E-state index in [1.807, 2.05) is 5.38 Å². The number of aromatic nitrogens is 1. The summed E-state index contributed by atoms with van der Waals surface area (Å²) in [5.41, 5.74) is 2.66. The van der Waals surface area contributed by atoms with Gasteiger partial charge in [-0.15, -0.1) is 22.7 Å². The lowest BCUT2D eigenvalue weighted by Gasteiger charge is -2.03. The highest BCUT2D eigenvalue weighted by atomic mass is 32.2. The van der Waals surface area contributed by atoms with E-state index in [1.54, 1.807) is 17.0 Å². The highest BCUT2D eigenvalue weighted by Crippen LogP contribution is 2.19. The van der Waals surface area contributed by atoms with Crippen molar-refractivity contribution in [2.45, 2.75) is 31.2 Å². The molecule has 2 heterocycles. The van der Waals surface area contributed by atoms with Crippen molar-refractivity contribution in [1.82, 2.24) is 15.0 Å². The third kappa shape index (κ3) is 5.15. The van der Waals surface area contributed by atoms with Gasteiger partial charge in [0.05, 0.1) is 16.1 Å². The zero-order valence-electron chi connectivity index (χ0n) is 11.8. The molecule has 0 atom stereocenters. The van der Waals surface area contributed by atoms with Crippen molar-refractivity contribution in [3.05, 3.63) is 32.9 Å². The molecule has 0 radical (unpaired) electrons. The molecule has 0 fully saturated rings. The number of rotatable bonds is 9. The first-order chi connectivity index (χ1) is 10.1. The van der Waals surface area contributed by atoms with Crippen molar-refractivity contribution in [1.29, 1.82) is 0 Å². The quantitative estimate of drug-likeness (QED) is 0.684. The van der Waals surface area contributed by atoms with Crippen LogP contribution in [-0.2, 0) is 23.0 Å². The lowest BCUT2D eigenvalue weighted by atomic mass is 10.3. The molecule has 0 spiro atoms. The van der Waals surface area contributed by atoms with E-state index in [2.05, 4.69) is 21.9 Å². The third-order valence-electron chi connectivity index (χ3n) is 2.82. The number of sulfonamides is 1. The predicted molar refractivity (Wildman–Crippen MR) is 87.3 cm³/mol. The molecule has 0 unspecified atom stereocenters. The van der Waals surface area contributed by atoms with Gasteiger partial charge in [-0.1, -0.05) is 6.92 Å². The topological polar surface area (TPSA) is 71.1 Å². The van der Waals surface area contributed by atoms with Gasteiger partial charge in [0, 0.05) is 35.1 Å². The van der Waals surface area contributed by atoms with Crippen LogP contribution in [0.15, 0.2) is 27.2 Å². The summed E-state index contributed by atoms with van der Waals surface area (Å²) in [6.07, 6.45) is 1.67. The Kier molecular flexibility index (Phi) is 6.31. The highest BCUT2D eigenvalue weighted by Gasteiger charge is 2.15. The second-order valence-electron chi connectivity index (χ2n) is 4.55. The molecule has 116 valence electrons. The smallest absolute Gasteiger partial charge is 0.241 e. The van der Waals surface area contributed by atoms with Gasteiger partial charge in [-0.05, 0) is 19.0 Å². The molecule has 0 bridgehead atoms. The Morgan fingerprint density at radius 2 is 2.14 bits per heavy atom. The van der Waals surface area contributed by atoms with Gasteiger partial charge in [0.2, 0.25) is 10.0 Å². The number of nitrogens with zero attached hydrogens (tertiary/aromatic N) is 1. The van der Waals surface area contributed by atoms with Gasteiger partial charge in [0.25, 0.3) is 0 Å². The summed E-state index contributed by atoms with van der Waals surface area (Å²) in [5, 5.41) is 6.88. The zero-order valence-corrected chi connectivity index (χ0v) is 14.3. The minimum Gasteiger partial charge on any atom is -0.312 e. The summed E-state index contributed by atoms with van der Waals surface area (Å²) in [5.74, 6) is 0. The molecule has 2 rings (SSSR count). The summed E-state index contributed by atoms with van der Waals surface area (Å²) in [7, 11) is -3.42. The van der Waals surface area contributed by atoms with Crippen molar-refractivity contribution in [3.8, 4) is 0 Å². The van der Waals surface area contributed by atoms with Crippen LogP contribution in [0, 0.1) is 0 Å². The van der Waals surface area contributed by atoms with E-state index in [9.17, 15) is 8.42 Å². The molecule has 5 nitrogen and oxygen atoms in total. The van der Waals surface area contributed by atoms with E-state index in [-0.39, 0.29) is 0 Å². The van der Waals surface area contributed by atoms with Crippen LogP contribution in [-0.4, -0.2) is 26.5 Å². The van der Waals surface area contributed by atoms with E-state index in [1.165, 1.54) is 22.7 Å². The minimum atomic E-state index is -3.42. The van der Waals surface area contributed by atoms with E-state index in [4.69, 9.17) is 0 Å². The third-order valence-corrected chi connectivity index (χ3v) is 5.98. The van der Waals surface area contributed by atoms with Crippen molar-refractivity contribution < 1.29 is 8.42 Å². The molecule has 0 aliphatic heterocycles. The van der Waals surface area contributed by atoms with Gasteiger partial charge >= 0.3 is 0 Å².